The zero-order chi connectivity index (χ0) is 15.2. The molecule has 0 bridgehead atoms. The van der Waals surface area contributed by atoms with Gasteiger partial charge in [-0.15, -0.1) is 0 Å². The van der Waals surface area contributed by atoms with Crippen molar-refractivity contribution in [3.05, 3.63) is 52.0 Å². The summed E-state index contributed by atoms with van der Waals surface area (Å²) in [5.41, 5.74) is 1.39. The molecule has 0 fully saturated rings. The minimum Gasteiger partial charge on any atom is -0.432 e. The van der Waals surface area contributed by atoms with E-state index < -0.39 is 24.3 Å². The van der Waals surface area contributed by atoms with E-state index in [0.717, 1.165) is 17.7 Å². The van der Waals surface area contributed by atoms with Crippen LogP contribution in [0.1, 0.15) is 17.2 Å². The molecule has 3 nitrogen and oxygen atoms in total. The Kier molecular flexibility index (Phi) is 5.60. The molecular weight excluding hydrogens is 303 g/mol. The monoisotopic (exact) mass is 317 g/mol. The van der Waals surface area contributed by atoms with Crippen LogP contribution in [0.25, 0.3) is 0 Å². The van der Waals surface area contributed by atoms with Crippen LogP contribution < -0.4 is 10.1 Å². The quantitative estimate of drug-likeness (QED) is 0.823. The summed E-state index contributed by atoms with van der Waals surface area (Å²) in [6.45, 7) is -2.43. The molecule has 0 aliphatic heterocycles. The summed E-state index contributed by atoms with van der Waals surface area (Å²) >= 11 is 1.49. The van der Waals surface area contributed by atoms with Gasteiger partial charge in [0, 0.05) is 13.1 Å². The first-order valence-electron chi connectivity index (χ1n) is 6.20. The number of hydrogen-bond acceptors (Lipinski definition) is 4. The van der Waals surface area contributed by atoms with E-state index in [4.69, 9.17) is 0 Å². The third-order valence-corrected chi connectivity index (χ3v) is 3.51. The Labute approximate surface area is 124 Å². The lowest BCUT2D eigenvalue weighted by molar-refractivity contribution is -0.0522. The van der Waals surface area contributed by atoms with E-state index >= 15 is 0 Å². The van der Waals surface area contributed by atoms with Crippen molar-refractivity contribution in [3.63, 3.8) is 0 Å². The van der Waals surface area contributed by atoms with E-state index in [0.29, 0.717) is 18.7 Å². The Morgan fingerprint density at radius 2 is 2.10 bits per heavy atom. The molecule has 0 saturated heterocycles. The standard InChI is InChI=1S/C14H14F3NO2S/c15-11-5-9(1-2-13(11)20-14(16)17)6-18-7-12(19)10-3-4-21-8-10/h1-5,8,12,14,18-19H,6-7H2. The van der Waals surface area contributed by atoms with Crippen molar-refractivity contribution in [1.29, 1.82) is 0 Å². The number of aliphatic hydroxyl groups excluding tert-OH is 1. The molecule has 0 aliphatic carbocycles. The molecule has 0 radical (unpaired) electrons. The van der Waals surface area contributed by atoms with Crippen LogP contribution in [-0.2, 0) is 6.54 Å². The SMILES string of the molecule is OC(CNCc1ccc(OC(F)F)c(F)c1)c1ccsc1. The van der Waals surface area contributed by atoms with Crippen LogP contribution in [0.5, 0.6) is 5.75 Å². The lowest BCUT2D eigenvalue weighted by Crippen LogP contribution is -2.20. The van der Waals surface area contributed by atoms with Gasteiger partial charge in [-0.25, -0.2) is 4.39 Å². The average molecular weight is 317 g/mol. The maximum Gasteiger partial charge on any atom is 0.387 e. The second-order valence-corrected chi connectivity index (χ2v) is 5.13. The summed E-state index contributed by atoms with van der Waals surface area (Å²) in [6, 6.07) is 5.60. The average Bonchev–Trinajstić information content (AvgIpc) is 2.95. The largest absolute Gasteiger partial charge is 0.432 e. The Balaban J connectivity index is 1.85. The number of rotatable bonds is 7. The molecule has 7 heteroatoms. The molecular formula is C14H14F3NO2S. The highest BCUT2D eigenvalue weighted by atomic mass is 32.1. The fourth-order valence-corrected chi connectivity index (χ4v) is 2.49. The third-order valence-electron chi connectivity index (χ3n) is 2.81. The van der Waals surface area contributed by atoms with Crippen LogP contribution in [0.3, 0.4) is 0 Å². The van der Waals surface area contributed by atoms with Gasteiger partial charge in [0.15, 0.2) is 11.6 Å². The maximum absolute atomic E-state index is 13.5. The van der Waals surface area contributed by atoms with Crippen LogP contribution >= 0.6 is 11.3 Å². The number of halogens is 3. The summed E-state index contributed by atoms with van der Waals surface area (Å²) < 4.78 is 41.5. The molecule has 114 valence electrons. The lowest BCUT2D eigenvalue weighted by Gasteiger charge is -2.11. The Bertz CT molecular complexity index is 563. The predicted octanol–water partition coefficient (Wildman–Crippen LogP) is 3.31. The van der Waals surface area contributed by atoms with Gasteiger partial charge in [-0.1, -0.05) is 6.07 Å². The van der Waals surface area contributed by atoms with Gasteiger partial charge in [0.05, 0.1) is 6.10 Å². The van der Waals surface area contributed by atoms with Crippen LogP contribution in [0.4, 0.5) is 13.2 Å². The highest BCUT2D eigenvalue weighted by molar-refractivity contribution is 7.07. The fraction of sp³-hybridized carbons (Fsp3) is 0.286. The molecule has 2 aromatic rings. The molecule has 0 spiro atoms. The van der Waals surface area contributed by atoms with E-state index in [1.807, 2.05) is 16.8 Å². The maximum atomic E-state index is 13.5. The number of ether oxygens (including phenoxy) is 1. The Morgan fingerprint density at radius 1 is 1.29 bits per heavy atom. The molecule has 1 unspecified atom stereocenters. The fourth-order valence-electron chi connectivity index (χ4n) is 1.78. The smallest absolute Gasteiger partial charge is 0.387 e. The number of aliphatic hydroxyl groups is 1. The third kappa shape index (κ3) is 4.73. The summed E-state index contributed by atoms with van der Waals surface area (Å²) in [5, 5.41) is 16.5. The minimum atomic E-state index is -3.05. The van der Waals surface area contributed by atoms with Gasteiger partial charge in [-0.05, 0) is 40.1 Å². The summed E-state index contributed by atoms with van der Waals surface area (Å²) in [7, 11) is 0. The minimum absolute atomic E-state index is 0.313. The van der Waals surface area contributed by atoms with E-state index in [-0.39, 0.29) is 0 Å². The molecule has 1 aromatic carbocycles. The molecule has 0 amide bonds. The van der Waals surface area contributed by atoms with Crippen molar-refractivity contribution in [2.45, 2.75) is 19.3 Å². The lowest BCUT2D eigenvalue weighted by atomic mass is 10.2. The number of hydrogen-bond donors (Lipinski definition) is 2. The zero-order valence-corrected chi connectivity index (χ0v) is 11.7. The van der Waals surface area contributed by atoms with Gasteiger partial charge < -0.3 is 15.2 Å². The predicted molar refractivity (Wildman–Crippen MR) is 74.0 cm³/mol. The van der Waals surface area contributed by atoms with Gasteiger partial charge in [0.25, 0.3) is 0 Å². The van der Waals surface area contributed by atoms with E-state index in [1.165, 1.54) is 17.4 Å². The van der Waals surface area contributed by atoms with E-state index in [2.05, 4.69) is 10.1 Å². The van der Waals surface area contributed by atoms with Crippen LogP contribution in [0.2, 0.25) is 0 Å². The Hall–Kier alpha value is -1.57. The second-order valence-electron chi connectivity index (χ2n) is 4.35. The molecule has 0 aliphatic rings. The van der Waals surface area contributed by atoms with Crippen molar-refractivity contribution in [2.75, 3.05) is 6.54 Å². The van der Waals surface area contributed by atoms with Crippen molar-refractivity contribution < 1.29 is 23.0 Å². The van der Waals surface area contributed by atoms with Gasteiger partial charge >= 0.3 is 6.61 Å². The molecule has 1 atom stereocenters. The normalized spacial score (nSPS) is 12.6. The first kappa shape index (κ1) is 15.8. The van der Waals surface area contributed by atoms with Crippen LogP contribution in [-0.4, -0.2) is 18.3 Å². The van der Waals surface area contributed by atoms with Crippen LogP contribution in [0.15, 0.2) is 35.0 Å². The Morgan fingerprint density at radius 3 is 2.71 bits per heavy atom. The topological polar surface area (TPSA) is 41.5 Å². The molecule has 0 saturated carbocycles. The number of alkyl halides is 2. The van der Waals surface area contributed by atoms with Gasteiger partial charge in [-0.3, -0.25) is 0 Å². The molecule has 2 N–H and O–H groups in total. The van der Waals surface area contributed by atoms with Crippen LogP contribution in [0, 0.1) is 5.82 Å². The van der Waals surface area contributed by atoms with Gasteiger partial charge in [0.2, 0.25) is 0 Å². The molecule has 1 heterocycles. The molecule has 1 aromatic heterocycles. The van der Waals surface area contributed by atoms with E-state index in [1.54, 1.807) is 0 Å². The summed E-state index contributed by atoms with van der Waals surface area (Å²) in [4.78, 5) is 0. The first-order chi connectivity index (χ1) is 10.1. The molecule has 21 heavy (non-hydrogen) atoms. The highest BCUT2D eigenvalue weighted by Gasteiger charge is 2.11. The second kappa shape index (κ2) is 7.44. The zero-order valence-electron chi connectivity index (χ0n) is 10.9. The summed E-state index contributed by atoms with van der Waals surface area (Å²) in [6.07, 6.45) is -0.637. The van der Waals surface area contributed by atoms with Crippen molar-refractivity contribution in [2.24, 2.45) is 0 Å². The van der Waals surface area contributed by atoms with Gasteiger partial charge in [-0.2, -0.15) is 20.1 Å². The summed E-state index contributed by atoms with van der Waals surface area (Å²) in [5.74, 6) is -1.32. The molecule has 2 rings (SSSR count). The van der Waals surface area contributed by atoms with Crippen molar-refractivity contribution in [1.82, 2.24) is 5.32 Å². The number of benzene rings is 1. The van der Waals surface area contributed by atoms with Gasteiger partial charge in [0.1, 0.15) is 0 Å². The van der Waals surface area contributed by atoms with Crippen molar-refractivity contribution >= 4 is 11.3 Å². The first-order valence-corrected chi connectivity index (χ1v) is 7.14. The number of nitrogens with one attached hydrogen (secondary N) is 1. The van der Waals surface area contributed by atoms with Crippen molar-refractivity contribution in [3.8, 4) is 5.75 Å². The van der Waals surface area contributed by atoms with E-state index in [9.17, 15) is 18.3 Å². The number of thiophene rings is 1. The highest BCUT2D eigenvalue weighted by Crippen LogP contribution is 2.20.